The summed E-state index contributed by atoms with van der Waals surface area (Å²) in [5, 5.41) is 3.20. The van der Waals surface area contributed by atoms with Crippen LogP contribution in [0.3, 0.4) is 0 Å². The molecular weight excluding hydrogens is 218 g/mol. The molecule has 0 atom stereocenters. The number of ether oxygens (including phenoxy) is 1. The van der Waals surface area contributed by atoms with Crippen LogP contribution in [0, 0.1) is 0 Å². The molecular formula is C12H25N3O2. The summed E-state index contributed by atoms with van der Waals surface area (Å²) in [6.45, 7) is 5.82. The highest BCUT2D eigenvalue weighted by Gasteiger charge is 2.16. The number of rotatable bonds is 8. The molecule has 0 aromatic heterocycles. The SMILES string of the molecule is COCCN(C)CCNCC(=O)N1CCCC1. The van der Waals surface area contributed by atoms with Gasteiger partial charge in [-0.2, -0.15) is 0 Å². The number of methoxy groups -OCH3 is 1. The summed E-state index contributed by atoms with van der Waals surface area (Å²) in [4.78, 5) is 15.8. The second-order valence-corrected chi connectivity index (χ2v) is 4.56. The minimum absolute atomic E-state index is 0.238. The number of hydrogen-bond donors (Lipinski definition) is 1. The third kappa shape index (κ3) is 6.00. The zero-order chi connectivity index (χ0) is 12.5. The van der Waals surface area contributed by atoms with Gasteiger partial charge in [-0.05, 0) is 19.9 Å². The maximum absolute atomic E-state index is 11.7. The lowest BCUT2D eigenvalue weighted by atomic mass is 10.4. The summed E-state index contributed by atoms with van der Waals surface area (Å²) in [6, 6.07) is 0. The van der Waals surface area contributed by atoms with E-state index in [0.29, 0.717) is 6.54 Å². The fourth-order valence-electron chi connectivity index (χ4n) is 1.90. The Morgan fingerprint density at radius 3 is 2.71 bits per heavy atom. The summed E-state index contributed by atoms with van der Waals surface area (Å²) >= 11 is 0. The molecule has 1 rings (SSSR count). The van der Waals surface area contributed by atoms with E-state index in [1.807, 2.05) is 4.90 Å². The van der Waals surface area contributed by atoms with Crippen LogP contribution in [0.25, 0.3) is 0 Å². The molecule has 0 spiro atoms. The summed E-state index contributed by atoms with van der Waals surface area (Å²) in [5.41, 5.74) is 0. The van der Waals surface area contributed by atoms with Gasteiger partial charge in [-0.15, -0.1) is 0 Å². The predicted molar refractivity (Wildman–Crippen MR) is 68.1 cm³/mol. The number of likely N-dealkylation sites (N-methyl/N-ethyl adjacent to an activating group) is 1. The molecule has 0 aliphatic carbocycles. The highest BCUT2D eigenvalue weighted by atomic mass is 16.5. The van der Waals surface area contributed by atoms with Crippen molar-refractivity contribution in [3.8, 4) is 0 Å². The van der Waals surface area contributed by atoms with Gasteiger partial charge in [-0.3, -0.25) is 4.79 Å². The van der Waals surface area contributed by atoms with Crippen LogP contribution in [0.15, 0.2) is 0 Å². The third-order valence-electron chi connectivity index (χ3n) is 3.08. The zero-order valence-electron chi connectivity index (χ0n) is 11.1. The third-order valence-corrected chi connectivity index (χ3v) is 3.08. The van der Waals surface area contributed by atoms with Gasteiger partial charge >= 0.3 is 0 Å². The van der Waals surface area contributed by atoms with Gasteiger partial charge in [-0.25, -0.2) is 0 Å². The van der Waals surface area contributed by atoms with Crippen molar-refractivity contribution in [3.05, 3.63) is 0 Å². The first-order valence-electron chi connectivity index (χ1n) is 6.40. The zero-order valence-corrected chi connectivity index (χ0v) is 11.1. The highest BCUT2D eigenvalue weighted by Crippen LogP contribution is 2.06. The maximum Gasteiger partial charge on any atom is 0.236 e. The van der Waals surface area contributed by atoms with E-state index in [9.17, 15) is 4.79 Å². The fourth-order valence-corrected chi connectivity index (χ4v) is 1.90. The minimum Gasteiger partial charge on any atom is -0.383 e. The van der Waals surface area contributed by atoms with E-state index in [0.717, 1.165) is 52.2 Å². The van der Waals surface area contributed by atoms with Crippen LogP contribution in [0.5, 0.6) is 0 Å². The Labute approximate surface area is 104 Å². The average molecular weight is 243 g/mol. The number of carbonyl (C=O) groups excluding carboxylic acids is 1. The van der Waals surface area contributed by atoms with Crippen molar-refractivity contribution in [1.29, 1.82) is 0 Å². The fraction of sp³-hybridized carbons (Fsp3) is 0.917. The Morgan fingerprint density at radius 2 is 2.06 bits per heavy atom. The number of amides is 1. The monoisotopic (exact) mass is 243 g/mol. The molecule has 0 aromatic rings. The van der Waals surface area contributed by atoms with Crippen molar-refractivity contribution in [3.63, 3.8) is 0 Å². The number of carbonyl (C=O) groups is 1. The Kier molecular flexibility index (Phi) is 7.16. The normalized spacial score (nSPS) is 15.8. The smallest absolute Gasteiger partial charge is 0.236 e. The molecule has 0 unspecified atom stereocenters. The average Bonchev–Trinajstić information content (AvgIpc) is 2.85. The summed E-state index contributed by atoms with van der Waals surface area (Å²) < 4.78 is 5.00. The first-order chi connectivity index (χ1) is 8.24. The lowest BCUT2D eigenvalue weighted by molar-refractivity contribution is -0.129. The molecule has 1 aliphatic heterocycles. The van der Waals surface area contributed by atoms with Crippen molar-refractivity contribution in [2.24, 2.45) is 0 Å². The molecule has 0 radical (unpaired) electrons. The molecule has 0 saturated carbocycles. The van der Waals surface area contributed by atoms with Gasteiger partial charge in [0.05, 0.1) is 13.2 Å². The highest BCUT2D eigenvalue weighted by molar-refractivity contribution is 5.78. The number of nitrogens with zero attached hydrogens (tertiary/aromatic N) is 2. The van der Waals surface area contributed by atoms with E-state index in [2.05, 4.69) is 17.3 Å². The van der Waals surface area contributed by atoms with Crippen molar-refractivity contribution < 1.29 is 9.53 Å². The molecule has 1 amide bonds. The predicted octanol–water partition coefficient (Wildman–Crippen LogP) is -0.223. The van der Waals surface area contributed by atoms with Gasteiger partial charge in [0, 0.05) is 39.8 Å². The molecule has 1 N–H and O–H groups in total. The van der Waals surface area contributed by atoms with Crippen LogP contribution in [0.4, 0.5) is 0 Å². The Hall–Kier alpha value is -0.650. The Balaban J connectivity index is 1.97. The quantitative estimate of drug-likeness (QED) is 0.599. The Bertz CT molecular complexity index is 218. The van der Waals surface area contributed by atoms with Crippen LogP contribution in [0.2, 0.25) is 0 Å². The number of likely N-dealkylation sites (tertiary alicyclic amines) is 1. The molecule has 0 bridgehead atoms. The van der Waals surface area contributed by atoms with Crippen molar-refractivity contribution >= 4 is 5.91 Å². The van der Waals surface area contributed by atoms with E-state index in [-0.39, 0.29) is 5.91 Å². The number of hydrogen-bond acceptors (Lipinski definition) is 4. The molecule has 5 nitrogen and oxygen atoms in total. The van der Waals surface area contributed by atoms with Crippen LogP contribution < -0.4 is 5.32 Å². The van der Waals surface area contributed by atoms with Crippen molar-refractivity contribution in [2.45, 2.75) is 12.8 Å². The first kappa shape index (κ1) is 14.4. The first-order valence-corrected chi connectivity index (χ1v) is 6.40. The van der Waals surface area contributed by atoms with Crippen LogP contribution in [-0.2, 0) is 9.53 Å². The summed E-state index contributed by atoms with van der Waals surface area (Å²) in [6.07, 6.45) is 2.32. The summed E-state index contributed by atoms with van der Waals surface area (Å²) in [7, 11) is 3.77. The second kappa shape index (κ2) is 8.44. The molecule has 17 heavy (non-hydrogen) atoms. The molecule has 100 valence electrons. The van der Waals surface area contributed by atoms with E-state index >= 15 is 0 Å². The lowest BCUT2D eigenvalue weighted by Gasteiger charge is -2.18. The molecule has 1 fully saturated rings. The molecule has 1 heterocycles. The molecule has 1 aliphatic rings. The van der Waals surface area contributed by atoms with E-state index in [1.165, 1.54) is 0 Å². The topological polar surface area (TPSA) is 44.8 Å². The molecule has 1 saturated heterocycles. The van der Waals surface area contributed by atoms with Crippen molar-refractivity contribution in [2.75, 3.05) is 60.0 Å². The standard InChI is InChI=1S/C12H25N3O2/c1-14(9-10-17-2)8-5-13-11-12(16)15-6-3-4-7-15/h13H,3-11H2,1-2H3. The van der Waals surface area contributed by atoms with Gasteiger partial charge in [0.1, 0.15) is 0 Å². The van der Waals surface area contributed by atoms with Crippen LogP contribution >= 0.6 is 0 Å². The minimum atomic E-state index is 0.238. The van der Waals surface area contributed by atoms with Gasteiger partial charge in [0.2, 0.25) is 5.91 Å². The van der Waals surface area contributed by atoms with E-state index < -0.39 is 0 Å². The van der Waals surface area contributed by atoms with Crippen LogP contribution in [-0.4, -0.2) is 75.7 Å². The summed E-state index contributed by atoms with van der Waals surface area (Å²) in [5.74, 6) is 0.238. The van der Waals surface area contributed by atoms with E-state index in [1.54, 1.807) is 7.11 Å². The molecule has 0 aromatic carbocycles. The van der Waals surface area contributed by atoms with Crippen LogP contribution in [0.1, 0.15) is 12.8 Å². The van der Waals surface area contributed by atoms with Gasteiger partial charge in [0.25, 0.3) is 0 Å². The second-order valence-electron chi connectivity index (χ2n) is 4.56. The molecule has 5 heteroatoms. The van der Waals surface area contributed by atoms with Gasteiger partial charge in [0.15, 0.2) is 0 Å². The van der Waals surface area contributed by atoms with E-state index in [4.69, 9.17) is 4.74 Å². The number of nitrogens with one attached hydrogen (secondary N) is 1. The van der Waals surface area contributed by atoms with Gasteiger partial charge in [-0.1, -0.05) is 0 Å². The van der Waals surface area contributed by atoms with Gasteiger partial charge < -0.3 is 19.9 Å². The largest absolute Gasteiger partial charge is 0.383 e. The maximum atomic E-state index is 11.7. The lowest BCUT2D eigenvalue weighted by Crippen LogP contribution is -2.39. The Morgan fingerprint density at radius 1 is 1.35 bits per heavy atom. The van der Waals surface area contributed by atoms with Crippen molar-refractivity contribution in [1.82, 2.24) is 15.1 Å².